The number of methoxy groups -OCH3 is 1. The summed E-state index contributed by atoms with van der Waals surface area (Å²) in [7, 11) is 1.66. The second-order valence-electron chi connectivity index (χ2n) is 5.82. The molecule has 0 bridgehead atoms. The third-order valence-corrected chi connectivity index (χ3v) is 4.96. The molecular formula is C18H26N4O2S. The maximum absolute atomic E-state index is 12.6. The molecule has 0 spiro atoms. The third kappa shape index (κ3) is 5.86. The number of thioether (sulfide) groups is 1. The number of nitrogens with one attached hydrogen (secondary N) is 1. The second-order valence-corrected chi connectivity index (χ2v) is 7.13. The number of hydrogen-bond donors (Lipinski definition) is 1. The fourth-order valence-electron chi connectivity index (χ4n) is 2.48. The topological polar surface area (TPSA) is 69.0 Å². The summed E-state index contributed by atoms with van der Waals surface area (Å²) in [6, 6.07) is 10.1. The van der Waals surface area contributed by atoms with Crippen LogP contribution in [0.25, 0.3) is 0 Å². The van der Waals surface area contributed by atoms with Crippen molar-refractivity contribution in [1.29, 1.82) is 0 Å². The molecule has 1 N–H and O–H groups in total. The zero-order chi connectivity index (χ0) is 18.1. The smallest absolute Gasteiger partial charge is 0.233 e. The second kappa shape index (κ2) is 10.2. The van der Waals surface area contributed by atoms with E-state index < -0.39 is 0 Å². The van der Waals surface area contributed by atoms with Gasteiger partial charge in [-0.1, -0.05) is 55.4 Å². The lowest BCUT2D eigenvalue weighted by Crippen LogP contribution is -2.34. The number of benzene rings is 1. The van der Waals surface area contributed by atoms with Crippen molar-refractivity contribution in [2.75, 3.05) is 13.7 Å². The highest BCUT2D eigenvalue weighted by Gasteiger charge is 2.21. The fourth-order valence-corrected chi connectivity index (χ4v) is 3.33. The minimum Gasteiger partial charge on any atom is -0.383 e. The molecule has 1 amide bonds. The summed E-state index contributed by atoms with van der Waals surface area (Å²) in [5.41, 5.74) is 1.14. The first-order valence-corrected chi connectivity index (χ1v) is 9.42. The Kier molecular flexibility index (Phi) is 7.94. The predicted molar refractivity (Wildman–Crippen MR) is 99.5 cm³/mol. The molecule has 0 aliphatic heterocycles. The number of hydrogen-bond acceptors (Lipinski definition) is 5. The largest absolute Gasteiger partial charge is 0.383 e. The molecule has 0 saturated carbocycles. The van der Waals surface area contributed by atoms with E-state index in [1.165, 1.54) is 11.8 Å². The molecule has 1 aromatic heterocycles. The van der Waals surface area contributed by atoms with Crippen molar-refractivity contribution in [1.82, 2.24) is 20.1 Å². The maximum Gasteiger partial charge on any atom is 0.233 e. The zero-order valence-corrected chi connectivity index (χ0v) is 15.8. The normalized spacial score (nSPS) is 13.4. The summed E-state index contributed by atoms with van der Waals surface area (Å²) < 4.78 is 6.99. The molecule has 0 saturated heterocycles. The van der Waals surface area contributed by atoms with Crippen LogP contribution >= 0.6 is 11.8 Å². The Morgan fingerprint density at radius 2 is 2.12 bits per heavy atom. The van der Waals surface area contributed by atoms with Gasteiger partial charge in [-0.2, -0.15) is 0 Å². The Bertz CT molecular complexity index is 648. The van der Waals surface area contributed by atoms with Crippen molar-refractivity contribution in [3.8, 4) is 0 Å². The van der Waals surface area contributed by atoms with E-state index in [0.717, 1.165) is 23.6 Å². The van der Waals surface area contributed by atoms with Crippen LogP contribution in [0.3, 0.4) is 0 Å². The van der Waals surface area contributed by atoms with Gasteiger partial charge in [0.05, 0.1) is 17.9 Å². The van der Waals surface area contributed by atoms with E-state index in [0.29, 0.717) is 13.2 Å². The van der Waals surface area contributed by atoms with Gasteiger partial charge < -0.3 is 14.6 Å². The molecule has 6 nitrogen and oxygen atoms in total. The summed E-state index contributed by atoms with van der Waals surface area (Å²) in [4.78, 5) is 12.6. The van der Waals surface area contributed by atoms with E-state index in [9.17, 15) is 4.79 Å². The monoisotopic (exact) mass is 362 g/mol. The molecular weight excluding hydrogens is 336 g/mol. The van der Waals surface area contributed by atoms with E-state index >= 15 is 0 Å². The van der Waals surface area contributed by atoms with E-state index in [2.05, 4.69) is 34.6 Å². The molecule has 0 fully saturated rings. The van der Waals surface area contributed by atoms with Crippen LogP contribution < -0.4 is 5.32 Å². The summed E-state index contributed by atoms with van der Waals surface area (Å²) in [5.74, 6) is 0.00796. The molecule has 25 heavy (non-hydrogen) atoms. The summed E-state index contributed by atoms with van der Waals surface area (Å²) in [5, 5.41) is 11.7. The molecule has 2 rings (SSSR count). The molecule has 136 valence electrons. The van der Waals surface area contributed by atoms with Crippen molar-refractivity contribution < 1.29 is 9.53 Å². The van der Waals surface area contributed by atoms with Gasteiger partial charge in [-0.15, -0.1) is 10.2 Å². The molecule has 1 heterocycles. The number of ether oxygens (including phenoxy) is 1. The van der Waals surface area contributed by atoms with Crippen LogP contribution in [0, 0.1) is 0 Å². The average molecular weight is 362 g/mol. The lowest BCUT2D eigenvalue weighted by atomic mass is 10.0. The van der Waals surface area contributed by atoms with Crippen LogP contribution in [0.5, 0.6) is 0 Å². The number of carbonyl (C=O) groups excluding carboxylic acids is 1. The number of nitrogens with zero attached hydrogens (tertiary/aromatic N) is 3. The Hall–Kier alpha value is -1.86. The van der Waals surface area contributed by atoms with Crippen molar-refractivity contribution in [3.05, 3.63) is 42.2 Å². The highest BCUT2D eigenvalue weighted by atomic mass is 32.2. The van der Waals surface area contributed by atoms with Crippen molar-refractivity contribution in [2.45, 2.75) is 49.7 Å². The molecule has 0 radical (unpaired) electrons. The van der Waals surface area contributed by atoms with Crippen LogP contribution in [0.2, 0.25) is 0 Å². The Morgan fingerprint density at radius 1 is 1.36 bits per heavy atom. The van der Waals surface area contributed by atoms with E-state index in [-0.39, 0.29) is 17.2 Å². The zero-order valence-electron chi connectivity index (χ0n) is 15.0. The van der Waals surface area contributed by atoms with Crippen LogP contribution in [0.1, 0.15) is 38.3 Å². The van der Waals surface area contributed by atoms with E-state index in [4.69, 9.17) is 4.74 Å². The Labute approximate surface area is 153 Å². The van der Waals surface area contributed by atoms with Gasteiger partial charge in [0.2, 0.25) is 5.91 Å². The van der Waals surface area contributed by atoms with E-state index in [1.807, 2.05) is 29.7 Å². The molecule has 0 aliphatic rings. The van der Waals surface area contributed by atoms with Gasteiger partial charge in [-0.3, -0.25) is 4.79 Å². The lowest BCUT2D eigenvalue weighted by Gasteiger charge is -2.21. The van der Waals surface area contributed by atoms with Crippen LogP contribution in [0.4, 0.5) is 0 Å². The summed E-state index contributed by atoms with van der Waals surface area (Å²) in [6.45, 7) is 5.27. The molecule has 2 atom stereocenters. The van der Waals surface area contributed by atoms with Gasteiger partial charge in [0.25, 0.3) is 0 Å². The van der Waals surface area contributed by atoms with Crippen LogP contribution in [0.15, 0.2) is 41.8 Å². The lowest BCUT2D eigenvalue weighted by molar-refractivity contribution is -0.121. The fraction of sp³-hybridized carbons (Fsp3) is 0.500. The quantitative estimate of drug-likeness (QED) is 0.658. The summed E-state index contributed by atoms with van der Waals surface area (Å²) >= 11 is 1.41. The first-order chi connectivity index (χ1) is 12.2. The highest BCUT2D eigenvalue weighted by Crippen LogP contribution is 2.23. The van der Waals surface area contributed by atoms with Gasteiger partial charge in [0.1, 0.15) is 6.33 Å². The van der Waals surface area contributed by atoms with Gasteiger partial charge in [-0.05, 0) is 18.9 Å². The SMILES string of the molecule is CCCC(NC(=O)C(C)Sc1nncn1CCOC)c1ccccc1. The number of aromatic nitrogens is 3. The number of carbonyl (C=O) groups is 1. The van der Waals surface area contributed by atoms with Crippen molar-refractivity contribution >= 4 is 17.7 Å². The molecule has 0 aliphatic carbocycles. The minimum absolute atomic E-state index is 0.00796. The third-order valence-electron chi connectivity index (χ3n) is 3.86. The number of rotatable bonds is 10. The first-order valence-electron chi connectivity index (χ1n) is 8.54. The standard InChI is InChI=1S/C18H26N4O2S/c1-4-8-16(15-9-6-5-7-10-15)20-17(23)14(2)25-18-21-19-13-22(18)11-12-24-3/h5-7,9-10,13-14,16H,4,8,11-12H2,1-3H3,(H,20,23). The Balaban J connectivity index is 1.98. The molecule has 7 heteroatoms. The van der Waals surface area contributed by atoms with Gasteiger partial charge in [0, 0.05) is 13.7 Å². The predicted octanol–water partition coefficient (Wildman–Crippen LogP) is 3.06. The van der Waals surface area contributed by atoms with Crippen molar-refractivity contribution in [3.63, 3.8) is 0 Å². The number of amides is 1. The average Bonchev–Trinajstić information content (AvgIpc) is 3.07. The molecule has 2 unspecified atom stereocenters. The van der Waals surface area contributed by atoms with Crippen LogP contribution in [-0.4, -0.2) is 39.6 Å². The van der Waals surface area contributed by atoms with Crippen molar-refractivity contribution in [2.24, 2.45) is 0 Å². The van der Waals surface area contributed by atoms with E-state index in [1.54, 1.807) is 13.4 Å². The first kappa shape index (κ1) is 19.5. The molecule has 1 aromatic carbocycles. The van der Waals surface area contributed by atoms with Gasteiger partial charge in [0.15, 0.2) is 5.16 Å². The van der Waals surface area contributed by atoms with Gasteiger partial charge in [-0.25, -0.2) is 0 Å². The van der Waals surface area contributed by atoms with Gasteiger partial charge >= 0.3 is 0 Å². The van der Waals surface area contributed by atoms with Crippen LogP contribution in [-0.2, 0) is 16.1 Å². The molecule has 2 aromatic rings. The highest BCUT2D eigenvalue weighted by molar-refractivity contribution is 8.00. The Morgan fingerprint density at radius 3 is 2.80 bits per heavy atom. The summed E-state index contributed by atoms with van der Waals surface area (Å²) in [6.07, 6.45) is 3.58. The minimum atomic E-state index is -0.256. The maximum atomic E-state index is 12.6.